The van der Waals surface area contributed by atoms with Crippen LogP contribution < -0.4 is 14.8 Å². The fourth-order valence-electron chi connectivity index (χ4n) is 2.97. The Kier molecular flexibility index (Phi) is 7.24. The Bertz CT molecular complexity index is 744. The Morgan fingerprint density at radius 2 is 2.00 bits per heavy atom. The molecular weight excluding hydrogens is 359 g/mol. The molecule has 0 bridgehead atoms. The van der Waals surface area contributed by atoms with Crippen LogP contribution in [0.3, 0.4) is 0 Å². The molecule has 0 aromatic heterocycles. The monoisotopic (exact) mass is 380 g/mol. The Morgan fingerprint density at radius 3 is 2.73 bits per heavy atom. The number of hydrogen-bond acceptors (Lipinski definition) is 4. The van der Waals surface area contributed by atoms with Crippen molar-refractivity contribution in [1.29, 1.82) is 0 Å². The predicted octanol–water partition coefficient (Wildman–Crippen LogP) is 2.81. The summed E-state index contributed by atoms with van der Waals surface area (Å²) in [6, 6.07) is 13.4. The zero-order chi connectivity index (χ0) is 17.6. The Hall–Kier alpha value is -2.31. The second kappa shape index (κ2) is 9.40. The molecule has 1 saturated heterocycles. The molecule has 26 heavy (non-hydrogen) atoms. The molecule has 0 spiro atoms. The molecule has 0 radical (unpaired) electrons. The second-order valence-corrected chi connectivity index (χ2v) is 5.80. The molecule has 5 nitrogen and oxygen atoms in total. The lowest BCUT2D eigenvalue weighted by Gasteiger charge is -2.36. The highest BCUT2D eigenvalue weighted by atomic mass is 35.5. The summed E-state index contributed by atoms with van der Waals surface area (Å²) < 4.78 is 24.4. The van der Waals surface area contributed by atoms with Crippen molar-refractivity contribution in [2.24, 2.45) is 0 Å². The van der Waals surface area contributed by atoms with Crippen LogP contribution in [0.5, 0.6) is 11.5 Å². The molecule has 0 saturated carbocycles. The quantitative estimate of drug-likeness (QED) is 0.866. The number of hydrogen-bond donors (Lipinski definition) is 1. The summed E-state index contributed by atoms with van der Waals surface area (Å²) in [6.45, 7) is 1.75. The van der Waals surface area contributed by atoms with Crippen LogP contribution in [-0.4, -0.2) is 44.2 Å². The van der Waals surface area contributed by atoms with Crippen molar-refractivity contribution in [3.8, 4) is 11.5 Å². The Labute approximate surface area is 158 Å². The molecule has 3 rings (SSSR count). The summed E-state index contributed by atoms with van der Waals surface area (Å²) in [7, 11) is 1.56. The van der Waals surface area contributed by atoms with Gasteiger partial charge >= 0.3 is 0 Å². The number of amides is 1. The summed E-state index contributed by atoms with van der Waals surface area (Å²) in [6.07, 6.45) is 0. The first-order chi connectivity index (χ1) is 12.2. The average molecular weight is 381 g/mol. The maximum atomic E-state index is 13.5. The molecule has 7 heteroatoms. The number of carbonyl (C=O) groups excluding carboxylic acids is 1. The van der Waals surface area contributed by atoms with E-state index >= 15 is 0 Å². The Morgan fingerprint density at radius 1 is 1.23 bits per heavy atom. The summed E-state index contributed by atoms with van der Waals surface area (Å²) in [5, 5.41) is 3.25. The normalized spacial score (nSPS) is 16.5. The molecule has 140 valence electrons. The molecule has 1 aliphatic rings. The summed E-state index contributed by atoms with van der Waals surface area (Å²) in [5.74, 6) is 0.662. The third-order valence-electron chi connectivity index (χ3n) is 4.22. The number of halogens is 2. The molecule has 0 aliphatic carbocycles. The fourth-order valence-corrected chi connectivity index (χ4v) is 2.97. The van der Waals surface area contributed by atoms with Crippen molar-refractivity contribution in [1.82, 2.24) is 10.2 Å². The highest BCUT2D eigenvalue weighted by Gasteiger charge is 2.28. The number of nitrogens with zero attached hydrogens (tertiary/aromatic N) is 1. The van der Waals surface area contributed by atoms with Gasteiger partial charge in [-0.3, -0.25) is 4.79 Å². The molecule has 1 amide bonds. The van der Waals surface area contributed by atoms with Crippen molar-refractivity contribution >= 4 is 18.3 Å². The molecule has 1 N–H and O–H groups in total. The van der Waals surface area contributed by atoms with Gasteiger partial charge in [0, 0.05) is 19.6 Å². The van der Waals surface area contributed by atoms with E-state index in [9.17, 15) is 9.18 Å². The van der Waals surface area contributed by atoms with E-state index in [1.807, 2.05) is 18.2 Å². The molecule has 1 aliphatic heterocycles. The zero-order valence-electron chi connectivity index (χ0n) is 14.5. The highest BCUT2D eigenvalue weighted by Crippen LogP contribution is 2.27. The van der Waals surface area contributed by atoms with Gasteiger partial charge in [-0.1, -0.05) is 24.3 Å². The number of piperazine rings is 1. The maximum Gasteiger partial charge on any atom is 0.261 e. The minimum atomic E-state index is -0.305. The molecule has 2 aromatic carbocycles. The molecule has 1 fully saturated rings. The van der Waals surface area contributed by atoms with Crippen molar-refractivity contribution in [2.75, 3.05) is 33.4 Å². The van der Waals surface area contributed by atoms with Gasteiger partial charge in [-0.15, -0.1) is 12.4 Å². The SMILES string of the molecule is COc1ccccc1OCC(=O)N1CCNCC1c1cccc(F)c1.Cl. The van der Waals surface area contributed by atoms with Gasteiger partial charge in [0.1, 0.15) is 5.82 Å². The molecule has 1 unspecified atom stereocenters. The topological polar surface area (TPSA) is 50.8 Å². The van der Waals surface area contributed by atoms with Gasteiger partial charge in [0.05, 0.1) is 13.2 Å². The van der Waals surface area contributed by atoms with E-state index in [1.54, 1.807) is 30.2 Å². The van der Waals surface area contributed by atoms with Crippen molar-refractivity contribution < 1.29 is 18.7 Å². The van der Waals surface area contributed by atoms with Crippen LogP contribution in [0.25, 0.3) is 0 Å². The third-order valence-corrected chi connectivity index (χ3v) is 4.22. The summed E-state index contributed by atoms with van der Waals surface area (Å²) in [4.78, 5) is 14.4. The van der Waals surface area contributed by atoms with Gasteiger partial charge in [0.15, 0.2) is 18.1 Å². The number of para-hydroxylation sites is 2. The molecule has 1 atom stereocenters. The van der Waals surface area contributed by atoms with E-state index in [1.165, 1.54) is 12.1 Å². The average Bonchev–Trinajstić information content (AvgIpc) is 2.66. The number of ether oxygens (including phenoxy) is 2. The van der Waals surface area contributed by atoms with Crippen LogP contribution in [-0.2, 0) is 4.79 Å². The van der Waals surface area contributed by atoms with Gasteiger partial charge in [-0.05, 0) is 29.8 Å². The van der Waals surface area contributed by atoms with Gasteiger partial charge < -0.3 is 19.7 Å². The minimum Gasteiger partial charge on any atom is -0.493 e. The van der Waals surface area contributed by atoms with Crippen LogP contribution in [0.4, 0.5) is 4.39 Å². The number of rotatable bonds is 5. The van der Waals surface area contributed by atoms with Gasteiger partial charge in [0.2, 0.25) is 0 Å². The van der Waals surface area contributed by atoms with Crippen LogP contribution >= 0.6 is 12.4 Å². The first-order valence-corrected chi connectivity index (χ1v) is 8.20. The van der Waals surface area contributed by atoms with Crippen molar-refractivity contribution in [3.05, 3.63) is 59.9 Å². The lowest BCUT2D eigenvalue weighted by Crippen LogP contribution is -2.50. The first kappa shape index (κ1) is 20.0. The van der Waals surface area contributed by atoms with Crippen LogP contribution in [0.15, 0.2) is 48.5 Å². The second-order valence-electron chi connectivity index (χ2n) is 5.80. The molecule has 1 heterocycles. The van der Waals surface area contributed by atoms with E-state index < -0.39 is 0 Å². The molecular formula is C19H22ClFN2O3. The van der Waals surface area contributed by atoms with Gasteiger partial charge in [0.25, 0.3) is 5.91 Å². The van der Waals surface area contributed by atoms with E-state index in [2.05, 4.69) is 5.32 Å². The van der Waals surface area contributed by atoms with Gasteiger partial charge in [-0.25, -0.2) is 4.39 Å². The van der Waals surface area contributed by atoms with E-state index in [0.29, 0.717) is 31.1 Å². The highest BCUT2D eigenvalue weighted by molar-refractivity contribution is 5.85. The number of nitrogens with one attached hydrogen (secondary N) is 1. The van der Waals surface area contributed by atoms with E-state index in [4.69, 9.17) is 9.47 Å². The van der Waals surface area contributed by atoms with E-state index in [0.717, 1.165) is 5.56 Å². The maximum absolute atomic E-state index is 13.5. The molecule has 2 aromatic rings. The van der Waals surface area contributed by atoms with Crippen LogP contribution in [0.1, 0.15) is 11.6 Å². The van der Waals surface area contributed by atoms with Gasteiger partial charge in [-0.2, -0.15) is 0 Å². The standard InChI is InChI=1S/C19H21FN2O3.ClH/c1-24-17-7-2-3-8-18(17)25-13-19(23)22-10-9-21-12-16(22)14-5-4-6-15(20)11-14;/h2-8,11,16,21H,9-10,12-13H2,1H3;1H. The summed E-state index contributed by atoms with van der Waals surface area (Å²) >= 11 is 0. The third kappa shape index (κ3) is 4.65. The lowest BCUT2D eigenvalue weighted by atomic mass is 10.0. The first-order valence-electron chi connectivity index (χ1n) is 8.20. The lowest BCUT2D eigenvalue weighted by molar-refractivity contribution is -0.136. The van der Waals surface area contributed by atoms with Crippen molar-refractivity contribution in [3.63, 3.8) is 0 Å². The van der Waals surface area contributed by atoms with E-state index in [-0.39, 0.29) is 36.8 Å². The predicted molar refractivity (Wildman–Crippen MR) is 99.5 cm³/mol. The van der Waals surface area contributed by atoms with Crippen LogP contribution in [0.2, 0.25) is 0 Å². The number of carbonyl (C=O) groups is 1. The number of methoxy groups -OCH3 is 1. The zero-order valence-corrected chi connectivity index (χ0v) is 15.3. The van der Waals surface area contributed by atoms with Crippen molar-refractivity contribution in [2.45, 2.75) is 6.04 Å². The smallest absolute Gasteiger partial charge is 0.261 e. The minimum absolute atomic E-state index is 0. The van der Waals surface area contributed by atoms with Crippen LogP contribution in [0, 0.1) is 5.82 Å². The largest absolute Gasteiger partial charge is 0.493 e. The number of benzene rings is 2. The summed E-state index contributed by atoms with van der Waals surface area (Å²) in [5.41, 5.74) is 0.776. The Balaban J connectivity index is 0.00000243. The fraction of sp³-hybridized carbons (Fsp3) is 0.316.